The van der Waals surface area contributed by atoms with Crippen molar-refractivity contribution in [2.24, 2.45) is 0 Å². The second-order valence-corrected chi connectivity index (χ2v) is 5.54. The van der Waals surface area contributed by atoms with Gasteiger partial charge >= 0.3 is 12.0 Å². The minimum Gasteiger partial charge on any atom is -0.478 e. The Kier molecular flexibility index (Phi) is 4.18. The first-order valence-corrected chi connectivity index (χ1v) is 6.87. The summed E-state index contributed by atoms with van der Waals surface area (Å²) in [5.74, 6) is -1.01. The quantitative estimate of drug-likeness (QED) is 0.798. The zero-order valence-corrected chi connectivity index (χ0v) is 12.4. The number of hydrogen-bond donors (Lipinski definition) is 3. The molecule has 0 bridgehead atoms. The van der Waals surface area contributed by atoms with Crippen LogP contribution in [0.3, 0.4) is 0 Å². The summed E-state index contributed by atoms with van der Waals surface area (Å²) in [6.45, 7) is 6.14. The van der Waals surface area contributed by atoms with Crippen LogP contribution in [0.4, 0.5) is 10.5 Å². The molecular formula is C15H20N2O4. The Balaban J connectivity index is 2.10. The van der Waals surface area contributed by atoms with Crippen LogP contribution in [0.25, 0.3) is 0 Å². The molecule has 0 saturated carbocycles. The van der Waals surface area contributed by atoms with Crippen molar-refractivity contribution < 1.29 is 19.4 Å². The van der Waals surface area contributed by atoms with Crippen LogP contribution in [-0.2, 0) is 4.74 Å². The maximum atomic E-state index is 12.1. The van der Waals surface area contributed by atoms with Crippen LogP contribution in [0, 0.1) is 6.92 Å². The van der Waals surface area contributed by atoms with Gasteiger partial charge in [0.2, 0.25) is 0 Å². The Morgan fingerprint density at radius 3 is 2.71 bits per heavy atom. The summed E-state index contributed by atoms with van der Waals surface area (Å²) in [4.78, 5) is 23.2. The van der Waals surface area contributed by atoms with Gasteiger partial charge in [0.1, 0.15) is 0 Å². The lowest BCUT2D eigenvalue weighted by Crippen LogP contribution is -2.52. The number of carbonyl (C=O) groups is 2. The molecule has 1 aliphatic rings. The van der Waals surface area contributed by atoms with Crippen LogP contribution in [-0.4, -0.2) is 35.4 Å². The lowest BCUT2D eigenvalue weighted by molar-refractivity contribution is 0.0696. The smallest absolute Gasteiger partial charge is 0.336 e. The van der Waals surface area contributed by atoms with Gasteiger partial charge in [0, 0.05) is 12.3 Å². The first kappa shape index (κ1) is 15.3. The van der Waals surface area contributed by atoms with Gasteiger partial charge in [-0.15, -0.1) is 0 Å². The molecule has 6 heteroatoms. The number of ether oxygens (including phenoxy) is 1. The van der Waals surface area contributed by atoms with Crippen molar-refractivity contribution in [2.75, 3.05) is 11.9 Å². The normalized spacial score (nSPS) is 24.6. The molecule has 2 amide bonds. The molecule has 1 saturated heterocycles. The first-order chi connectivity index (χ1) is 9.83. The zero-order valence-electron chi connectivity index (χ0n) is 12.4. The zero-order chi connectivity index (χ0) is 15.6. The summed E-state index contributed by atoms with van der Waals surface area (Å²) < 4.78 is 5.47. The number of rotatable bonds is 3. The van der Waals surface area contributed by atoms with E-state index in [-0.39, 0.29) is 17.7 Å². The van der Waals surface area contributed by atoms with Crippen LogP contribution in [0.1, 0.15) is 36.2 Å². The second kappa shape index (κ2) is 5.73. The highest BCUT2D eigenvalue weighted by Crippen LogP contribution is 2.25. The number of carboxylic acids is 1. The average molecular weight is 292 g/mol. The Labute approximate surface area is 123 Å². The number of carboxylic acid groups (broad SMARTS) is 1. The molecule has 0 aliphatic carbocycles. The first-order valence-electron chi connectivity index (χ1n) is 6.87. The van der Waals surface area contributed by atoms with Gasteiger partial charge < -0.3 is 20.5 Å². The predicted octanol–water partition coefficient (Wildman–Crippen LogP) is 2.38. The van der Waals surface area contributed by atoms with Gasteiger partial charge in [-0.05, 0) is 44.9 Å². The highest BCUT2D eigenvalue weighted by atomic mass is 16.5. The molecule has 0 aromatic heterocycles. The summed E-state index contributed by atoms with van der Waals surface area (Å²) in [6.07, 6.45) is 0.685. The topological polar surface area (TPSA) is 87.7 Å². The number of benzene rings is 1. The lowest BCUT2D eigenvalue weighted by atomic mass is 9.95. The molecule has 6 nitrogen and oxygen atoms in total. The van der Waals surface area contributed by atoms with E-state index in [1.54, 1.807) is 19.1 Å². The minimum absolute atomic E-state index is 0.0605. The predicted molar refractivity (Wildman–Crippen MR) is 78.7 cm³/mol. The summed E-state index contributed by atoms with van der Waals surface area (Å²) in [5.41, 5.74) is 0.780. The van der Waals surface area contributed by atoms with Crippen LogP contribution < -0.4 is 10.6 Å². The SMILES string of the molecule is Cc1c(NC(=O)NC2(C)CCOC2C)cccc1C(=O)O. The van der Waals surface area contributed by atoms with Crippen molar-refractivity contribution in [1.29, 1.82) is 0 Å². The van der Waals surface area contributed by atoms with E-state index in [9.17, 15) is 9.59 Å². The monoisotopic (exact) mass is 292 g/mol. The number of nitrogens with one attached hydrogen (secondary N) is 2. The number of aromatic carboxylic acids is 1. The maximum absolute atomic E-state index is 12.1. The van der Waals surface area contributed by atoms with Gasteiger partial charge in [0.25, 0.3) is 0 Å². The van der Waals surface area contributed by atoms with Crippen LogP contribution in [0.15, 0.2) is 18.2 Å². The number of anilines is 1. The lowest BCUT2D eigenvalue weighted by Gasteiger charge is -2.29. The summed E-state index contributed by atoms with van der Waals surface area (Å²) in [5, 5.41) is 14.7. The molecule has 3 N–H and O–H groups in total. The van der Waals surface area contributed by atoms with Gasteiger partial charge in [-0.2, -0.15) is 0 Å². The third-order valence-corrected chi connectivity index (χ3v) is 4.10. The fourth-order valence-corrected chi connectivity index (χ4v) is 2.41. The Morgan fingerprint density at radius 2 is 2.14 bits per heavy atom. The molecule has 114 valence electrons. The van der Waals surface area contributed by atoms with E-state index in [4.69, 9.17) is 9.84 Å². The molecule has 2 rings (SSSR count). The van der Waals surface area contributed by atoms with Crippen molar-refractivity contribution in [3.8, 4) is 0 Å². The molecule has 0 radical (unpaired) electrons. The van der Waals surface area contributed by atoms with Crippen molar-refractivity contribution >= 4 is 17.7 Å². The third-order valence-electron chi connectivity index (χ3n) is 4.10. The van der Waals surface area contributed by atoms with E-state index < -0.39 is 11.5 Å². The number of urea groups is 1. The number of carbonyl (C=O) groups excluding carboxylic acids is 1. The molecule has 1 aromatic carbocycles. The van der Waals surface area contributed by atoms with E-state index in [2.05, 4.69) is 10.6 Å². The minimum atomic E-state index is -1.01. The van der Waals surface area contributed by atoms with Gasteiger partial charge in [0.05, 0.1) is 17.2 Å². The molecule has 2 atom stereocenters. The van der Waals surface area contributed by atoms with Crippen molar-refractivity contribution in [3.05, 3.63) is 29.3 Å². The van der Waals surface area contributed by atoms with Crippen molar-refractivity contribution in [2.45, 2.75) is 38.8 Å². The standard InChI is InChI=1S/C15H20N2O4/c1-9-11(13(18)19)5-4-6-12(9)16-14(20)17-15(3)7-8-21-10(15)2/h4-6,10H,7-8H2,1-3H3,(H,18,19)(H2,16,17,20). The largest absolute Gasteiger partial charge is 0.478 e. The third kappa shape index (κ3) is 3.16. The van der Waals surface area contributed by atoms with E-state index in [1.165, 1.54) is 6.07 Å². The maximum Gasteiger partial charge on any atom is 0.336 e. The van der Waals surface area contributed by atoms with Gasteiger partial charge in [-0.3, -0.25) is 0 Å². The van der Waals surface area contributed by atoms with Crippen LogP contribution >= 0.6 is 0 Å². The fraction of sp³-hybridized carbons (Fsp3) is 0.467. The van der Waals surface area contributed by atoms with Crippen molar-refractivity contribution in [1.82, 2.24) is 5.32 Å². The molecule has 21 heavy (non-hydrogen) atoms. The number of hydrogen-bond acceptors (Lipinski definition) is 3. The fourth-order valence-electron chi connectivity index (χ4n) is 2.41. The Hall–Kier alpha value is -2.08. The van der Waals surface area contributed by atoms with Crippen LogP contribution in [0.2, 0.25) is 0 Å². The van der Waals surface area contributed by atoms with Gasteiger partial charge in [-0.1, -0.05) is 6.07 Å². The van der Waals surface area contributed by atoms with E-state index in [0.717, 1.165) is 6.42 Å². The molecule has 1 aromatic rings. The van der Waals surface area contributed by atoms with E-state index >= 15 is 0 Å². The summed E-state index contributed by atoms with van der Waals surface area (Å²) >= 11 is 0. The average Bonchev–Trinajstić information content (AvgIpc) is 2.71. The molecule has 1 aliphatic heterocycles. The molecule has 0 spiro atoms. The second-order valence-electron chi connectivity index (χ2n) is 5.54. The Morgan fingerprint density at radius 1 is 1.43 bits per heavy atom. The van der Waals surface area contributed by atoms with Crippen LogP contribution in [0.5, 0.6) is 0 Å². The highest BCUT2D eigenvalue weighted by molar-refractivity contribution is 5.95. The van der Waals surface area contributed by atoms with Gasteiger partial charge in [-0.25, -0.2) is 9.59 Å². The summed E-state index contributed by atoms with van der Waals surface area (Å²) in [7, 11) is 0. The number of amides is 2. The molecule has 2 unspecified atom stereocenters. The van der Waals surface area contributed by atoms with Gasteiger partial charge in [0.15, 0.2) is 0 Å². The van der Waals surface area contributed by atoms with E-state index in [1.807, 2.05) is 13.8 Å². The highest BCUT2D eigenvalue weighted by Gasteiger charge is 2.38. The summed E-state index contributed by atoms with van der Waals surface area (Å²) in [6, 6.07) is 4.43. The van der Waals surface area contributed by atoms with E-state index in [0.29, 0.717) is 17.9 Å². The molecule has 1 heterocycles. The van der Waals surface area contributed by atoms with Crippen molar-refractivity contribution in [3.63, 3.8) is 0 Å². The molecule has 1 fully saturated rings. The Bertz CT molecular complexity index is 573. The molecular weight excluding hydrogens is 272 g/mol.